The second kappa shape index (κ2) is 9.76. The topological polar surface area (TPSA) is 45.6 Å². The number of β-amino-alcohol motifs (C(OH)–C–C–N with tert-alkyl or cyclic N) is 1. The lowest BCUT2D eigenvalue weighted by atomic mass is 10.1. The third kappa shape index (κ3) is 4.87. The van der Waals surface area contributed by atoms with Gasteiger partial charge in [0.25, 0.3) is 8.32 Å². The fourth-order valence-corrected chi connectivity index (χ4v) is 9.73. The zero-order valence-electron chi connectivity index (χ0n) is 20.2. The molecular formula is C27H31F3N2O2Si. The second-order valence-electron chi connectivity index (χ2n) is 9.95. The zero-order valence-corrected chi connectivity index (χ0v) is 21.2. The molecule has 0 saturated heterocycles. The fraction of sp³-hybridized carbons (Fsp3) is 0.370. The molecule has 0 radical (unpaired) electrons. The second-order valence-corrected chi connectivity index (χ2v) is 14.3. The summed E-state index contributed by atoms with van der Waals surface area (Å²) in [6.07, 6.45) is -3.20. The number of nitrogens with zero attached hydrogens (tertiary/aromatic N) is 2. The highest BCUT2D eigenvalue weighted by atomic mass is 28.4. The van der Waals surface area contributed by atoms with Gasteiger partial charge in [-0.2, -0.15) is 13.2 Å². The monoisotopic (exact) mass is 500 g/mol. The van der Waals surface area contributed by atoms with Crippen LogP contribution in [0.5, 0.6) is 0 Å². The van der Waals surface area contributed by atoms with Gasteiger partial charge in [0.1, 0.15) is 5.82 Å². The molecule has 0 fully saturated rings. The summed E-state index contributed by atoms with van der Waals surface area (Å²) in [5.41, 5.74) is -0.224. The van der Waals surface area contributed by atoms with Crippen LogP contribution < -0.4 is 15.3 Å². The van der Waals surface area contributed by atoms with Crippen LogP contribution in [0.1, 0.15) is 31.9 Å². The van der Waals surface area contributed by atoms with Crippen molar-refractivity contribution in [3.05, 3.63) is 84.1 Å². The summed E-state index contributed by atoms with van der Waals surface area (Å²) >= 11 is 0. The molecule has 2 aromatic carbocycles. The van der Waals surface area contributed by atoms with Crippen LogP contribution in [0.4, 0.5) is 19.0 Å². The molecule has 2 heterocycles. The average Bonchev–Trinajstić information content (AvgIpc) is 3.16. The first-order chi connectivity index (χ1) is 16.6. The minimum absolute atomic E-state index is 0.127. The van der Waals surface area contributed by atoms with Crippen LogP contribution in [0.15, 0.2) is 72.9 Å². The SMILES string of the molecule is CC(C)(C)[Si](OC[C@@H]1Cc2cc(C(F)(F)F)cnc2N1CCO)(c1ccccc1)c1ccccc1. The van der Waals surface area contributed by atoms with E-state index in [4.69, 9.17) is 4.43 Å². The van der Waals surface area contributed by atoms with Gasteiger partial charge >= 0.3 is 6.18 Å². The largest absolute Gasteiger partial charge is 0.417 e. The van der Waals surface area contributed by atoms with E-state index in [1.54, 1.807) is 0 Å². The highest BCUT2D eigenvalue weighted by Gasteiger charge is 2.51. The van der Waals surface area contributed by atoms with E-state index in [9.17, 15) is 18.3 Å². The summed E-state index contributed by atoms with van der Waals surface area (Å²) in [6.45, 7) is 7.02. The lowest BCUT2D eigenvalue weighted by Crippen LogP contribution is -2.67. The van der Waals surface area contributed by atoms with E-state index in [-0.39, 0.29) is 24.2 Å². The Hall–Kier alpha value is -2.68. The summed E-state index contributed by atoms with van der Waals surface area (Å²) < 4.78 is 46.9. The number of alkyl halides is 3. The van der Waals surface area contributed by atoms with Crippen molar-refractivity contribution in [1.82, 2.24) is 4.98 Å². The third-order valence-electron chi connectivity index (χ3n) is 6.69. The number of aliphatic hydroxyl groups excluding tert-OH is 1. The van der Waals surface area contributed by atoms with Crippen LogP contribution in [-0.2, 0) is 17.0 Å². The number of rotatable bonds is 7. The molecule has 3 aromatic rings. The number of anilines is 1. The summed E-state index contributed by atoms with van der Waals surface area (Å²) in [4.78, 5) is 6.02. The molecule has 0 saturated carbocycles. The van der Waals surface area contributed by atoms with Gasteiger partial charge in [-0.25, -0.2) is 4.98 Å². The number of pyridine rings is 1. The summed E-state index contributed by atoms with van der Waals surface area (Å²) in [5.74, 6) is 0.489. The molecule has 4 nitrogen and oxygen atoms in total. The molecule has 1 atom stereocenters. The van der Waals surface area contributed by atoms with Gasteiger partial charge in [0.05, 0.1) is 24.8 Å². The van der Waals surface area contributed by atoms with Gasteiger partial charge in [-0.15, -0.1) is 0 Å². The minimum atomic E-state index is -4.45. The Kier molecular flexibility index (Phi) is 7.08. The highest BCUT2D eigenvalue weighted by molar-refractivity contribution is 6.99. The van der Waals surface area contributed by atoms with Gasteiger partial charge < -0.3 is 14.4 Å². The predicted molar refractivity (Wildman–Crippen MR) is 135 cm³/mol. The van der Waals surface area contributed by atoms with Crippen molar-refractivity contribution < 1.29 is 22.7 Å². The number of hydrogen-bond donors (Lipinski definition) is 1. The first-order valence-corrected chi connectivity index (χ1v) is 13.7. The van der Waals surface area contributed by atoms with Crippen LogP contribution in [0.3, 0.4) is 0 Å². The normalized spacial score (nSPS) is 16.4. The van der Waals surface area contributed by atoms with Crippen LogP contribution in [0.2, 0.25) is 5.04 Å². The lowest BCUT2D eigenvalue weighted by molar-refractivity contribution is -0.137. The van der Waals surface area contributed by atoms with Crippen molar-refractivity contribution in [3.63, 3.8) is 0 Å². The number of hydrogen-bond acceptors (Lipinski definition) is 4. The Morgan fingerprint density at radius 3 is 2.06 bits per heavy atom. The molecule has 186 valence electrons. The van der Waals surface area contributed by atoms with E-state index in [1.807, 2.05) is 41.3 Å². The maximum absolute atomic E-state index is 13.3. The molecular weight excluding hydrogens is 469 g/mol. The van der Waals surface area contributed by atoms with E-state index in [0.717, 1.165) is 16.6 Å². The van der Waals surface area contributed by atoms with Crippen molar-refractivity contribution in [2.75, 3.05) is 24.7 Å². The zero-order chi connectivity index (χ0) is 25.3. The number of halogens is 3. The van der Waals surface area contributed by atoms with E-state index in [0.29, 0.717) is 24.4 Å². The molecule has 1 aliphatic rings. The van der Waals surface area contributed by atoms with E-state index >= 15 is 0 Å². The van der Waals surface area contributed by atoms with E-state index in [2.05, 4.69) is 50.0 Å². The Bertz CT molecular complexity index is 1100. The standard InChI is InChI=1S/C27H31F3N2O2Si/c1-26(2,3)35(23-10-6-4-7-11-23,24-12-8-5-9-13-24)34-19-22-17-20-16-21(27(28,29)30)18-31-25(20)32(22)14-15-33/h4-13,16,18,22,33H,14-15,17,19H2,1-3H3/t22-/m0/s1. The summed E-state index contributed by atoms with van der Waals surface area (Å²) in [6, 6.07) is 21.4. The number of fused-ring (bicyclic) bond motifs is 1. The molecule has 1 aromatic heterocycles. The van der Waals surface area contributed by atoms with E-state index in [1.165, 1.54) is 6.07 Å². The molecule has 0 amide bonds. The van der Waals surface area contributed by atoms with Crippen molar-refractivity contribution in [3.8, 4) is 0 Å². The lowest BCUT2D eigenvalue weighted by Gasteiger charge is -2.44. The number of aliphatic hydroxyl groups is 1. The van der Waals surface area contributed by atoms with Crippen molar-refractivity contribution in [1.29, 1.82) is 0 Å². The molecule has 0 aliphatic carbocycles. The average molecular weight is 501 g/mol. The molecule has 35 heavy (non-hydrogen) atoms. The third-order valence-corrected chi connectivity index (χ3v) is 11.7. The maximum Gasteiger partial charge on any atom is 0.417 e. The van der Waals surface area contributed by atoms with Gasteiger partial charge in [0.15, 0.2) is 0 Å². The Morgan fingerprint density at radius 1 is 1.00 bits per heavy atom. The first-order valence-electron chi connectivity index (χ1n) is 11.8. The molecule has 1 N–H and O–H groups in total. The molecule has 8 heteroatoms. The van der Waals surface area contributed by atoms with Crippen LogP contribution in [0.25, 0.3) is 0 Å². The summed E-state index contributed by atoms with van der Waals surface area (Å²) in [7, 11) is -2.80. The van der Waals surface area contributed by atoms with Crippen LogP contribution >= 0.6 is 0 Å². The van der Waals surface area contributed by atoms with Gasteiger partial charge in [0.2, 0.25) is 0 Å². The van der Waals surface area contributed by atoms with Crippen LogP contribution in [-0.4, -0.2) is 44.2 Å². The molecule has 1 aliphatic heterocycles. The quantitative estimate of drug-likeness (QED) is 0.489. The highest BCUT2D eigenvalue weighted by Crippen LogP contribution is 2.39. The smallest absolute Gasteiger partial charge is 0.405 e. The first kappa shape index (κ1) is 25.4. The fourth-order valence-electron chi connectivity index (χ4n) is 5.13. The van der Waals surface area contributed by atoms with Gasteiger partial charge in [-0.05, 0) is 33.5 Å². The Morgan fingerprint density at radius 2 is 1.57 bits per heavy atom. The van der Waals surface area contributed by atoms with E-state index < -0.39 is 20.1 Å². The Labute approximate surface area is 205 Å². The van der Waals surface area contributed by atoms with Crippen molar-refractivity contribution in [2.45, 2.75) is 44.4 Å². The summed E-state index contributed by atoms with van der Waals surface area (Å²) in [5, 5.41) is 11.7. The maximum atomic E-state index is 13.3. The number of benzene rings is 2. The Balaban J connectivity index is 1.72. The molecule has 0 bridgehead atoms. The van der Waals surface area contributed by atoms with Crippen molar-refractivity contribution in [2.24, 2.45) is 0 Å². The predicted octanol–water partition coefficient (Wildman–Crippen LogP) is 4.40. The number of aromatic nitrogens is 1. The van der Waals surface area contributed by atoms with Crippen LogP contribution in [0, 0.1) is 0 Å². The molecule has 0 unspecified atom stereocenters. The van der Waals surface area contributed by atoms with Crippen molar-refractivity contribution >= 4 is 24.5 Å². The molecule has 4 rings (SSSR count). The van der Waals surface area contributed by atoms with Gasteiger partial charge in [0, 0.05) is 12.7 Å². The van der Waals surface area contributed by atoms with Gasteiger partial charge in [-0.1, -0.05) is 81.4 Å². The van der Waals surface area contributed by atoms with Gasteiger partial charge in [-0.3, -0.25) is 0 Å². The minimum Gasteiger partial charge on any atom is -0.405 e. The molecule has 0 spiro atoms.